The van der Waals surface area contributed by atoms with Crippen LogP contribution in [0.2, 0.25) is 0 Å². The number of hydrogen-bond donors (Lipinski definition) is 2. The zero-order chi connectivity index (χ0) is 16.7. The Hall–Kier alpha value is -1.77. The molecular weight excluding hydrogens is 419 g/mol. The number of nitrogens with zero attached hydrogens (tertiary/aromatic N) is 2. The Labute approximate surface area is 160 Å². The summed E-state index contributed by atoms with van der Waals surface area (Å²) in [6.07, 6.45) is 0. The van der Waals surface area contributed by atoms with Crippen LogP contribution < -0.4 is 15.4 Å². The Morgan fingerprint density at radius 3 is 2.46 bits per heavy atom. The van der Waals surface area contributed by atoms with Gasteiger partial charge in [0.05, 0.1) is 25.9 Å². The molecule has 0 atom stereocenters. The highest BCUT2D eigenvalue weighted by Crippen LogP contribution is 2.12. The number of nitrogens with one attached hydrogen (secondary N) is 2. The van der Waals surface area contributed by atoms with E-state index in [-0.39, 0.29) is 24.0 Å². The molecule has 0 aliphatic rings. The molecule has 132 valence electrons. The quantitative estimate of drug-likeness (QED) is 0.407. The molecule has 7 heteroatoms. The van der Waals surface area contributed by atoms with Crippen LogP contribution in [0.25, 0.3) is 0 Å². The molecule has 0 saturated heterocycles. The summed E-state index contributed by atoms with van der Waals surface area (Å²) < 4.78 is 10.7. The van der Waals surface area contributed by atoms with Crippen LogP contribution in [0, 0.1) is 13.8 Å². The van der Waals surface area contributed by atoms with Crippen LogP contribution in [-0.2, 0) is 13.1 Å². The van der Waals surface area contributed by atoms with E-state index in [0.29, 0.717) is 19.0 Å². The Morgan fingerprint density at radius 2 is 1.92 bits per heavy atom. The number of halogens is 1. The average molecular weight is 444 g/mol. The number of guanidine groups is 1. The van der Waals surface area contributed by atoms with Gasteiger partial charge in [-0.1, -0.05) is 12.1 Å². The van der Waals surface area contributed by atoms with Crippen LogP contribution in [0.15, 0.2) is 33.7 Å². The van der Waals surface area contributed by atoms with Gasteiger partial charge in [-0.05, 0) is 38.5 Å². The first kappa shape index (κ1) is 20.3. The van der Waals surface area contributed by atoms with Gasteiger partial charge in [0.15, 0.2) is 5.96 Å². The molecule has 0 bridgehead atoms. The molecule has 0 unspecified atom stereocenters. The minimum atomic E-state index is 0. The Bertz CT molecular complexity index is 634. The van der Waals surface area contributed by atoms with Gasteiger partial charge in [-0.3, -0.25) is 0 Å². The van der Waals surface area contributed by atoms with Gasteiger partial charge in [0.25, 0.3) is 0 Å². The second-order valence-corrected chi connectivity index (χ2v) is 5.15. The van der Waals surface area contributed by atoms with Crippen molar-refractivity contribution < 1.29 is 9.15 Å². The van der Waals surface area contributed by atoms with E-state index < -0.39 is 0 Å². The van der Waals surface area contributed by atoms with E-state index in [1.165, 1.54) is 0 Å². The standard InChI is InChI=1S/C17H24N4O2.HI/c1-5-18-17(20-11-16-21-12(2)13(3)23-16)19-10-14-6-8-15(22-4)9-7-14;/h6-9H,5,10-11H2,1-4H3,(H2,18,19,20);1H. The maximum absolute atomic E-state index is 5.56. The molecule has 0 aliphatic carbocycles. The molecule has 1 aromatic heterocycles. The molecule has 6 nitrogen and oxygen atoms in total. The summed E-state index contributed by atoms with van der Waals surface area (Å²) in [5, 5.41) is 6.44. The SMILES string of the molecule is CCNC(=NCc1ccc(OC)cc1)NCc1nc(C)c(C)o1.I. The van der Waals surface area contributed by atoms with Crippen molar-refractivity contribution >= 4 is 29.9 Å². The van der Waals surface area contributed by atoms with Crippen molar-refractivity contribution in [3.8, 4) is 5.75 Å². The summed E-state index contributed by atoms with van der Waals surface area (Å²) in [5.41, 5.74) is 2.03. The van der Waals surface area contributed by atoms with E-state index >= 15 is 0 Å². The summed E-state index contributed by atoms with van der Waals surface area (Å²) in [7, 11) is 1.66. The van der Waals surface area contributed by atoms with Crippen molar-refractivity contribution in [2.75, 3.05) is 13.7 Å². The molecular formula is C17H25IN4O2. The number of aliphatic imine (C=N–C) groups is 1. The van der Waals surface area contributed by atoms with Crippen molar-refractivity contribution in [1.29, 1.82) is 0 Å². The molecule has 0 fully saturated rings. The fourth-order valence-electron chi connectivity index (χ4n) is 2.02. The maximum Gasteiger partial charge on any atom is 0.214 e. The van der Waals surface area contributed by atoms with Crippen molar-refractivity contribution in [2.24, 2.45) is 4.99 Å². The van der Waals surface area contributed by atoms with E-state index in [9.17, 15) is 0 Å². The third-order valence-corrected chi connectivity index (χ3v) is 3.40. The molecule has 0 saturated carbocycles. The van der Waals surface area contributed by atoms with Crippen molar-refractivity contribution in [2.45, 2.75) is 33.9 Å². The first-order valence-electron chi connectivity index (χ1n) is 7.70. The van der Waals surface area contributed by atoms with Crippen LogP contribution in [0.3, 0.4) is 0 Å². The predicted molar refractivity (Wildman–Crippen MR) is 106 cm³/mol. The highest BCUT2D eigenvalue weighted by molar-refractivity contribution is 14.0. The van der Waals surface area contributed by atoms with Crippen LogP contribution in [0.4, 0.5) is 0 Å². The number of aryl methyl sites for hydroxylation is 2. The fraction of sp³-hybridized carbons (Fsp3) is 0.412. The predicted octanol–water partition coefficient (Wildman–Crippen LogP) is 3.17. The molecule has 2 aromatic rings. The van der Waals surface area contributed by atoms with E-state index in [0.717, 1.165) is 35.3 Å². The summed E-state index contributed by atoms with van der Waals surface area (Å²) >= 11 is 0. The lowest BCUT2D eigenvalue weighted by atomic mass is 10.2. The minimum Gasteiger partial charge on any atom is -0.497 e. The normalized spacial score (nSPS) is 10.9. The van der Waals surface area contributed by atoms with Crippen LogP contribution in [0.5, 0.6) is 5.75 Å². The largest absolute Gasteiger partial charge is 0.497 e. The average Bonchev–Trinajstić information content (AvgIpc) is 2.89. The molecule has 2 N–H and O–H groups in total. The lowest BCUT2D eigenvalue weighted by molar-refractivity contribution is 0.414. The summed E-state index contributed by atoms with van der Waals surface area (Å²) in [5.74, 6) is 3.09. The van der Waals surface area contributed by atoms with E-state index in [1.54, 1.807) is 7.11 Å². The van der Waals surface area contributed by atoms with Gasteiger partial charge in [0.1, 0.15) is 11.5 Å². The lowest BCUT2D eigenvalue weighted by Gasteiger charge is -2.10. The number of hydrogen-bond acceptors (Lipinski definition) is 4. The number of aromatic nitrogens is 1. The smallest absolute Gasteiger partial charge is 0.214 e. The number of methoxy groups -OCH3 is 1. The van der Waals surface area contributed by atoms with Crippen LogP contribution in [0.1, 0.15) is 29.8 Å². The monoisotopic (exact) mass is 444 g/mol. The maximum atomic E-state index is 5.56. The highest BCUT2D eigenvalue weighted by atomic mass is 127. The highest BCUT2D eigenvalue weighted by Gasteiger charge is 2.06. The van der Waals surface area contributed by atoms with Gasteiger partial charge >= 0.3 is 0 Å². The van der Waals surface area contributed by atoms with Gasteiger partial charge in [0.2, 0.25) is 5.89 Å². The Kier molecular flexibility index (Phi) is 8.59. The lowest BCUT2D eigenvalue weighted by Crippen LogP contribution is -2.36. The van der Waals surface area contributed by atoms with Gasteiger partial charge in [-0.25, -0.2) is 9.98 Å². The zero-order valence-corrected chi connectivity index (χ0v) is 16.9. The number of ether oxygens (including phenoxy) is 1. The molecule has 0 radical (unpaired) electrons. The third kappa shape index (κ3) is 6.03. The minimum absolute atomic E-state index is 0. The van der Waals surface area contributed by atoms with Gasteiger partial charge < -0.3 is 19.8 Å². The van der Waals surface area contributed by atoms with Crippen molar-refractivity contribution in [3.05, 3.63) is 47.2 Å². The number of benzene rings is 1. The topological polar surface area (TPSA) is 71.7 Å². The summed E-state index contributed by atoms with van der Waals surface area (Å²) in [6.45, 7) is 7.76. The molecule has 0 amide bonds. The van der Waals surface area contributed by atoms with Crippen LogP contribution >= 0.6 is 24.0 Å². The molecule has 0 spiro atoms. The van der Waals surface area contributed by atoms with Gasteiger partial charge in [0, 0.05) is 6.54 Å². The first-order valence-corrected chi connectivity index (χ1v) is 7.70. The first-order chi connectivity index (χ1) is 11.1. The van der Waals surface area contributed by atoms with Crippen molar-refractivity contribution in [1.82, 2.24) is 15.6 Å². The second kappa shape index (κ2) is 10.2. The van der Waals surface area contributed by atoms with E-state index in [1.807, 2.05) is 45.0 Å². The number of oxazole rings is 1. The van der Waals surface area contributed by atoms with Gasteiger partial charge in [-0.15, -0.1) is 24.0 Å². The van der Waals surface area contributed by atoms with E-state index in [4.69, 9.17) is 9.15 Å². The zero-order valence-electron chi connectivity index (χ0n) is 14.5. The summed E-state index contributed by atoms with van der Waals surface area (Å²) in [4.78, 5) is 8.92. The molecule has 1 aromatic carbocycles. The molecule has 24 heavy (non-hydrogen) atoms. The van der Waals surface area contributed by atoms with Crippen LogP contribution in [-0.4, -0.2) is 24.6 Å². The molecule has 0 aliphatic heterocycles. The van der Waals surface area contributed by atoms with Crippen molar-refractivity contribution in [3.63, 3.8) is 0 Å². The van der Waals surface area contributed by atoms with Gasteiger partial charge in [-0.2, -0.15) is 0 Å². The fourth-order valence-corrected chi connectivity index (χ4v) is 2.02. The van der Waals surface area contributed by atoms with E-state index in [2.05, 4.69) is 20.6 Å². The Balaban J connectivity index is 0.00000288. The summed E-state index contributed by atoms with van der Waals surface area (Å²) in [6, 6.07) is 7.88. The Morgan fingerprint density at radius 1 is 1.21 bits per heavy atom. The molecule has 1 heterocycles. The third-order valence-electron chi connectivity index (χ3n) is 3.40. The molecule has 2 rings (SSSR count). The second-order valence-electron chi connectivity index (χ2n) is 5.15. The number of rotatable bonds is 6.